The summed E-state index contributed by atoms with van der Waals surface area (Å²) in [4.78, 5) is 17.8. The number of hydrogen-bond acceptors (Lipinski definition) is 4. The second kappa shape index (κ2) is 11.7. The van der Waals surface area contributed by atoms with Crippen molar-refractivity contribution in [3.8, 4) is 5.75 Å². The molecule has 3 N–H and O–H groups in total. The van der Waals surface area contributed by atoms with E-state index >= 15 is 0 Å². The maximum absolute atomic E-state index is 11.7. The van der Waals surface area contributed by atoms with Gasteiger partial charge in [-0.2, -0.15) is 0 Å². The maximum Gasteiger partial charge on any atom is 0.409 e. The Morgan fingerprint density at radius 1 is 1.21 bits per heavy atom. The van der Waals surface area contributed by atoms with Crippen LogP contribution in [0, 0.1) is 0 Å². The molecule has 7 nitrogen and oxygen atoms in total. The summed E-state index contributed by atoms with van der Waals surface area (Å²) in [5.41, 5.74) is 5.99. The zero-order valence-corrected chi connectivity index (χ0v) is 19.0. The molecule has 0 aromatic heterocycles. The average molecular weight is 512 g/mol. The topological polar surface area (TPSA) is 89.2 Å². The quantitative estimate of drug-likeness (QED) is 0.268. The first kappa shape index (κ1) is 23.1. The second-order valence-electron chi connectivity index (χ2n) is 6.70. The second-order valence-corrected chi connectivity index (χ2v) is 6.70. The first-order valence-corrected chi connectivity index (χ1v) is 9.76. The molecule has 1 amide bonds. The van der Waals surface area contributed by atoms with Gasteiger partial charge in [-0.25, -0.2) is 9.79 Å². The zero-order valence-electron chi connectivity index (χ0n) is 16.7. The lowest BCUT2D eigenvalue weighted by Crippen LogP contribution is -2.48. The fourth-order valence-corrected chi connectivity index (χ4v) is 3.32. The van der Waals surface area contributed by atoms with Gasteiger partial charge in [0, 0.05) is 24.5 Å². The molecular weight excluding hydrogens is 483 g/mol. The largest absolute Gasteiger partial charge is 0.491 e. The number of nitrogens with zero attached hydrogens (tertiary/aromatic N) is 2. The molecule has 8 heteroatoms. The Hall–Kier alpha value is -2.23. The lowest BCUT2D eigenvalue weighted by Gasteiger charge is -2.31. The van der Waals surface area contributed by atoms with Crippen LogP contribution in [0.25, 0.3) is 10.8 Å². The predicted octanol–water partition coefficient (Wildman–Crippen LogP) is 3.36. The molecule has 1 aliphatic heterocycles. The molecule has 1 aliphatic rings. The summed E-state index contributed by atoms with van der Waals surface area (Å²) < 4.78 is 10.9. The molecule has 0 unspecified atom stereocenters. The number of carbonyl (C=O) groups is 1. The van der Waals surface area contributed by atoms with Crippen molar-refractivity contribution >= 4 is 46.8 Å². The van der Waals surface area contributed by atoms with Crippen LogP contribution in [0.4, 0.5) is 4.79 Å². The van der Waals surface area contributed by atoms with Gasteiger partial charge >= 0.3 is 6.09 Å². The summed E-state index contributed by atoms with van der Waals surface area (Å²) in [6, 6.07) is 14.4. The molecule has 3 rings (SSSR count). The zero-order chi connectivity index (χ0) is 19.8. The SMILES string of the molecule is CCOC(=O)N1CCC(NC(N)=NCCOc2cccc3ccccc23)CC1.I. The number of aliphatic imine (C=N–C) groups is 1. The van der Waals surface area contributed by atoms with E-state index in [0.717, 1.165) is 29.4 Å². The van der Waals surface area contributed by atoms with Gasteiger partial charge in [-0.05, 0) is 31.2 Å². The monoisotopic (exact) mass is 512 g/mol. The van der Waals surface area contributed by atoms with Crippen molar-refractivity contribution in [2.45, 2.75) is 25.8 Å². The highest BCUT2D eigenvalue weighted by molar-refractivity contribution is 14.0. The van der Waals surface area contributed by atoms with Gasteiger partial charge < -0.3 is 25.4 Å². The molecule has 1 fully saturated rings. The minimum absolute atomic E-state index is 0. The van der Waals surface area contributed by atoms with Crippen LogP contribution in [0.2, 0.25) is 0 Å². The van der Waals surface area contributed by atoms with Crippen molar-refractivity contribution in [1.82, 2.24) is 10.2 Å². The summed E-state index contributed by atoms with van der Waals surface area (Å²) in [5, 5.41) is 5.47. The third kappa shape index (κ3) is 6.66. The Morgan fingerprint density at radius 3 is 2.69 bits per heavy atom. The Labute approximate surface area is 188 Å². The fourth-order valence-electron chi connectivity index (χ4n) is 3.32. The minimum Gasteiger partial charge on any atom is -0.491 e. The minimum atomic E-state index is -0.242. The Kier molecular flexibility index (Phi) is 9.30. The van der Waals surface area contributed by atoms with Gasteiger partial charge in [-0.1, -0.05) is 36.4 Å². The van der Waals surface area contributed by atoms with Crippen molar-refractivity contribution < 1.29 is 14.3 Å². The molecule has 2 aromatic rings. The number of fused-ring (bicyclic) bond motifs is 1. The Balaban J connectivity index is 0.00000300. The maximum atomic E-state index is 11.7. The highest BCUT2D eigenvalue weighted by Crippen LogP contribution is 2.24. The number of carbonyl (C=O) groups excluding carboxylic acids is 1. The van der Waals surface area contributed by atoms with Gasteiger partial charge in [-0.15, -0.1) is 24.0 Å². The van der Waals surface area contributed by atoms with Crippen LogP contribution >= 0.6 is 24.0 Å². The average Bonchev–Trinajstić information content (AvgIpc) is 2.72. The van der Waals surface area contributed by atoms with Gasteiger partial charge in [0.2, 0.25) is 0 Å². The summed E-state index contributed by atoms with van der Waals surface area (Å²) in [6.07, 6.45) is 1.40. The van der Waals surface area contributed by atoms with E-state index in [-0.39, 0.29) is 36.1 Å². The Morgan fingerprint density at radius 2 is 1.93 bits per heavy atom. The fraction of sp³-hybridized carbons (Fsp3) is 0.429. The van der Waals surface area contributed by atoms with Gasteiger partial charge in [-0.3, -0.25) is 0 Å². The van der Waals surface area contributed by atoms with Gasteiger partial charge in [0.15, 0.2) is 5.96 Å². The predicted molar refractivity (Wildman–Crippen MR) is 126 cm³/mol. The first-order valence-electron chi connectivity index (χ1n) is 9.76. The van der Waals surface area contributed by atoms with Crippen LogP contribution < -0.4 is 15.8 Å². The molecule has 0 spiro atoms. The van der Waals surface area contributed by atoms with Crippen LogP contribution in [0.1, 0.15) is 19.8 Å². The van der Waals surface area contributed by atoms with E-state index in [4.69, 9.17) is 15.2 Å². The van der Waals surface area contributed by atoms with Crippen molar-refractivity contribution in [2.75, 3.05) is 32.8 Å². The molecule has 0 atom stereocenters. The summed E-state index contributed by atoms with van der Waals surface area (Å²) in [6.45, 7) is 4.47. The van der Waals surface area contributed by atoms with Crippen LogP contribution in [0.3, 0.4) is 0 Å². The standard InChI is InChI=1S/C21H28N4O3.HI/c1-2-27-21(26)25-13-10-17(11-14-25)24-20(22)23-12-15-28-19-9-5-7-16-6-3-4-8-18(16)19;/h3-9,17H,2,10-15H2,1H3,(H3,22,23,24);1H. The van der Waals surface area contributed by atoms with Gasteiger partial charge in [0.1, 0.15) is 12.4 Å². The summed E-state index contributed by atoms with van der Waals surface area (Å²) in [5.74, 6) is 1.27. The highest BCUT2D eigenvalue weighted by atomic mass is 127. The number of guanidine groups is 1. The van der Waals surface area contributed by atoms with E-state index < -0.39 is 0 Å². The van der Waals surface area contributed by atoms with Crippen molar-refractivity contribution in [3.63, 3.8) is 0 Å². The molecular formula is C21H29IN4O3. The third-order valence-corrected chi connectivity index (χ3v) is 4.75. The van der Waals surface area contributed by atoms with Crippen LogP contribution in [-0.2, 0) is 4.74 Å². The molecule has 2 aromatic carbocycles. The third-order valence-electron chi connectivity index (χ3n) is 4.75. The number of halogens is 1. The van der Waals surface area contributed by atoms with E-state index in [1.54, 1.807) is 4.90 Å². The number of amides is 1. The summed E-state index contributed by atoms with van der Waals surface area (Å²) in [7, 11) is 0. The molecule has 0 aliphatic carbocycles. The molecule has 1 heterocycles. The number of nitrogens with two attached hydrogens (primary N) is 1. The summed E-state index contributed by atoms with van der Waals surface area (Å²) >= 11 is 0. The van der Waals surface area contributed by atoms with Crippen LogP contribution in [-0.4, -0.2) is 55.8 Å². The van der Waals surface area contributed by atoms with E-state index in [2.05, 4.69) is 22.4 Å². The normalized spacial score (nSPS) is 14.9. The molecule has 0 radical (unpaired) electrons. The number of rotatable bonds is 6. The number of benzene rings is 2. The first-order chi connectivity index (χ1) is 13.7. The number of ether oxygens (including phenoxy) is 2. The van der Waals surface area contributed by atoms with E-state index in [1.807, 2.05) is 37.3 Å². The molecule has 29 heavy (non-hydrogen) atoms. The van der Waals surface area contributed by atoms with Gasteiger partial charge in [0.05, 0.1) is 13.2 Å². The van der Waals surface area contributed by atoms with E-state index in [9.17, 15) is 4.79 Å². The van der Waals surface area contributed by atoms with E-state index in [1.165, 1.54) is 0 Å². The molecule has 158 valence electrons. The lowest BCUT2D eigenvalue weighted by atomic mass is 10.1. The van der Waals surface area contributed by atoms with E-state index in [0.29, 0.717) is 38.8 Å². The van der Waals surface area contributed by atoms with Gasteiger partial charge in [0.25, 0.3) is 0 Å². The number of piperidine rings is 1. The number of nitrogens with one attached hydrogen (secondary N) is 1. The lowest BCUT2D eigenvalue weighted by molar-refractivity contribution is 0.0963. The molecule has 0 bridgehead atoms. The smallest absolute Gasteiger partial charge is 0.409 e. The number of hydrogen-bond donors (Lipinski definition) is 2. The van der Waals surface area contributed by atoms with Crippen molar-refractivity contribution in [3.05, 3.63) is 42.5 Å². The van der Waals surface area contributed by atoms with Crippen LogP contribution in [0.15, 0.2) is 47.5 Å². The van der Waals surface area contributed by atoms with Crippen molar-refractivity contribution in [2.24, 2.45) is 10.7 Å². The number of likely N-dealkylation sites (tertiary alicyclic amines) is 1. The molecule has 1 saturated heterocycles. The highest BCUT2D eigenvalue weighted by Gasteiger charge is 2.23. The Bertz CT molecular complexity index is 817. The van der Waals surface area contributed by atoms with Crippen molar-refractivity contribution in [1.29, 1.82) is 0 Å². The van der Waals surface area contributed by atoms with Crippen LogP contribution in [0.5, 0.6) is 5.75 Å². The molecule has 0 saturated carbocycles.